The van der Waals surface area contributed by atoms with Crippen LogP contribution in [0.4, 0.5) is 5.69 Å². The molecule has 3 fully saturated rings. The summed E-state index contributed by atoms with van der Waals surface area (Å²) in [6, 6.07) is 6.22. The second kappa shape index (κ2) is 5.07. The highest BCUT2D eigenvalue weighted by atomic mass is 15.4. The SMILES string of the molecule is Cc1cc(C)c(C)c(N2C3CCC(CC3)N(C)[C@@H]2C)c1. The normalized spacial score (nSPS) is 30.6. The van der Waals surface area contributed by atoms with E-state index in [0.29, 0.717) is 6.17 Å². The number of hydrogen-bond acceptors (Lipinski definition) is 2. The van der Waals surface area contributed by atoms with E-state index in [-0.39, 0.29) is 0 Å². The average Bonchev–Trinajstić information content (AvgIpc) is 2.61. The molecule has 2 aliphatic heterocycles. The zero-order chi connectivity index (χ0) is 14.4. The number of rotatable bonds is 1. The van der Waals surface area contributed by atoms with Gasteiger partial charge in [0.05, 0.1) is 6.17 Å². The second-order valence-corrected chi connectivity index (χ2v) is 6.89. The highest BCUT2D eigenvalue weighted by molar-refractivity contribution is 5.59. The molecular formula is C18H28N2. The first-order valence-corrected chi connectivity index (χ1v) is 8.07. The molecule has 20 heavy (non-hydrogen) atoms. The summed E-state index contributed by atoms with van der Waals surface area (Å²) >= 11 is 0. The molecule has 3 aliphatic rings. The molecule has 1 aromatic rings. The van der Waals surface area contributed by atoms with Crippen LogP contribution in [0.2, 0.25) is 0 Å². The maximum Gasteiger partial charge on any atom is 0.0795 e. The van der Waals surface area contributed by atoms with Crippen molar-refractivity contribution in [3.8, 4) is 0 Å². The predicted molar refractivity (Wildman–Crippen MR) is 86.4 cm³/mol. The third kappa shape index (κ3) is 2.14. The lowest BCUT2D eigenvalue weighted by atomic mass is 9.90. The van der Waals surface area contributed by atoms with E-state index in [9.17, 15) is 0 Å². The summed E-state index contributed by atoms with van der Waals surface area (Å²) in [7, 11) is 2.31. The second-order valence-electron chi connectivity index (χ2n) is 6.89. The summed E-state index contributed by atoms with van der Waals surface area (Å²) in [6.45, 7) is 9.14. The molecule has 1 atom stereocenters. The van der Waals surface area contributed by atoms with Gasteiger partial charge >= 0.3 is 0 Å². The first-order chi connectivity index (χ1) is 9.49. The van der Waals surface area contributed by atoms with Crippen molar-refractivity contribution >= 4 is 5.69 Å². The number of nitrogens with zero attached hydrogens (tertiary/aromatic N) is 2. The van der Waals surface area contributed by atoms with E-state index >= 15 is 0 Å². The van der Waals surface area contributed by atoms with Gasteiger partial charge in [-0.25, -0.2) is 0 Å². The van der Waals surface area contributed by atoms with Gasteiger partial charge in [-0.05, 0) is 83.2 Å². The summed E-state index contributed by atoms with van der Waals surface area (Å²) < 4.78 is 0. The molecule has 0 unspecified atom stereocenters. The van der Waals surface area contributed by atoms with E-state index in [1.807, 2.05) is 0 Å². The van der Waals surface area contributed by atoms with Gasteiger partial charge in [-0.15, -0.1) is 0 Å². The van der Waals surface area contributed by atoms with Crippen LogP contribution in [0.3, 0.4) is 0 Å². The first kappa shape index (κ1) is 13.9. The van der Waals surface area contributed by atoms with E-state index < -0.39 is 0 Å². The van der Waals surface area contributed by atoms with Crippen LogP contribution in [0.5, 0.6) is 0 Å². The minimum absolute atomic E-state index is 0.509. The van der Waals surface area contributed by atoms with E-state index in [4.69, 9.17) is 0 Å². The highest BCUT2D eigenvalue weighted by Gasteiger charge is 2.38. The summed E-state index contributed by atoms with van der Waals surface area (Å²) in [6.07, 6.45) is 5.95. The molecular weight excluding hydrogens is 244 g/mol. The van der Waals surface area contributed by atoms with Crippen LogP contribution in [0.1, 0.15) is 49.3 Å². The van der Waals surface area contributed by atoms with Gasteiger partial charge in [0.2, 0.25) is 0 Å². The lowest BCUT2D eigenvalue weighted by Gasteiger charge is -2.39. The van der Waals surface area contributed by atoms with Crippen LogP contribution in [-0.2, 0) is 0 Å². The van der Waals surface area contributed by atoms with Gasteiger partial charge < -0.3 is 4.90 Å². The third-order valence-corrected chi connectivity index (χ3v) is 5.69. The summed E-state index contributed by atoms with van der Waals surface area (Å²) in [5.74, 6) is 0. The molecule has 4 rings (SSSR count). The Morgan fingerprint density at radius 3 is 2.20 bits per heavy atom. The Hall–Kier alpha value is -1.02. The van der Waals surface area contributed by atoms with Gasteiger partial charge in [-0.2, -0.15) is 0 Å². The zero-order valence-electron chi connectivity index (χ0n) is 13.6. The lowest BCUT2D eigenvalue weighted by molar-refractivity contribution is 0.184. The van der Waals surface area contributed by atoms with Crippen molar-refractivity contribution in [3.05, 3.63) is 28.8 Å². The summed E-state index contributed by atoms with van der Waals surface area (Å²) in [5, 5.41) is 0. The fourth-order valence-corrected chi connectivity index (χ4v) is 4.23. The Balaban J connectivity index is 2.07. The van der Waals surface area contributed by atoms with Crippen LogP contribution < -0.4 is 4.90 Å². The third-order valence-electron chi connectivity index (χ3n) is 5.69. The molecule has 2 heteroatoms. The minimum Gasteiger partial charge on any atom is -0.353 e. The van der Waals surface area contributed by atoms with E-state index in [1.54, 1.807) is 0 Å². The molecule has 0 amide bonds. The number of hydrogen-bond donors (Lipinski definition) is 0. The lowest BCUT2D eigenvalue weighted by Crippen LogP contribution is -2.47. The van der Waals surface area contributed by atoms with Gasteiger partial charge in [0, 0.05) is 17.8 Å². The Morgan fingerprint density at radius 2 is 1.55 bits per heavy atom. The van der Waals surface area contributed by atoms with E-state index in [0.717, 1.165) is 12.1 Å². The standard InChI is InChI=1S/C18H28N2/c1-12-10-13(2)14(3)18(11-12)20-15(4)19(5)16-6-8-17(20)9-7-16/h10-11,15-17H,6-9H2,1-5H3/t15-,16?,17?/m0/s1. The zero-order valence-corrected chi connectivity index (χ0v) is 13.6. The summed E-state index contributed by atoms with van der Waals surface area (Å²) in [4.78, 5) is 5.31. The van der Waals surface area contributed by atoms with Crippen molar-refractivity contribution in [2.75, 3.05) is 11.9 Å². The van der Waals surface area contributed by atoms with Crippen LogP contribution in [0.25, 0.3) is 0 Å². The molecule has 0 radical (unpaired) electrons. The molecule has 0 N–H and O–H groups in total. The quantitative estimate of drug-likeness (QED) is 0.762. The van der Waals surface area contributed by atoms with Crippen LogP contribution in [-0.4, -0.2) is 30.2 Å². The van der Waals surface area contributed by atoms with Crippen molar-refractivity contribution in [2.24, 2.45) is 0 Å². The van der Waals surface area contributed by atoms with Gasteiger partial charge in [0.1, 0.15) is 0 Å². The van der Waals surface area contributed by atoms with Crippen molar-refractivity contribution in [3.63, 3.8) is 0 Å². The smallest absolute Gasteiger partial charge is 0.0795 e. The van der Waals surface area contributed by atoms with Crippen LogP contribution >= 0.6 is 0 Å². The minimum atomic E-state index is 0.509. The Kier molecular flexibility index (Phi) is 3.53. The number of aryl methyl sites for hydroxylation is 2. The van der Waals surface area contributed by atoms with Gasteiger partial charge in [-0.3, -0.25) is 4.90 Å². The fourth-order valence-electron chi connectivity index (χ4n) is 4.23. The van der Waals surface area contributed by atoms with Gasteiger partial charge in [0.25, 0.3) is 0 Å². The largest absolute Gasteiger partial charge is 0.353 e. The molecule has 0 spiro atoms. The molecule has 1 aliphatic carbocycles. The number of fused-ring (bicyclic) bond motifs is 4. The van der Waals surface area contributed by atoms with Gasteiger partial charge in [0.15, 0.2) is 0 Å². The van der Waals surface area contributed by atoms with E-state index in [2.05, 4.69) is 56.7 Å². The topological polar surface area (TPSA) is 6.48 Å². The molecule has 1 aromatic carbocycles. The molecule has 2 saturated heterocycles. The molecule has 2 heterocycles. The van der Waals surface area contributed by atoms with Crippen molar-refractivity contribution in [1.82, 2.24) is 4.90 Å². The van der Waals surface area contributed by atoms with Crippen LogP contribution in [0, 0.1) is 20.8 Å². The Morgan fingerprint density at radius 1 is 0.950 bits per heavy atom. The monoisotopic (exact) mass is 272 g/mol. The highest BCUT2D eigenvalue weighted by Crippen LogP contribution is 2.38. The Bertz CT molecular complexity index is 500. The Labute approximate surface area is 123 Å². The summed E-state index contributed by atoms with van der Waals surface area (Å²) in [5.41, 5.74) is 5.74. The molecule has 110 valence electrons. The number of anilines is 1. The van der Waals surface area contributed by atoms with Crippen molar-refractivity contribution in [2.45, 2.75) is 71.6 Å². The fraction of sp³-hybridized carbons (Fsp3) is 0.667. The maximum atomic E-state index is 2.71. The van der Waals surface area contributed by atoms with Crippen molar-refractivity contribution < 1.29 is 0 Å². The first-order valence-electron chi connectivity index (χ1n) is 8.07. The predicted octanol–water partition coefficient (Wildman–Crippen LogP) is 4.02. The van der Waals surface area contributed by atoms with Gasteiger partial charge in [-0.1, -0.05) is 6.07 Å². The number of benzene rings is 1. The van der Waals surface area contributed by atoms with Crippen LogP contribution in [0.15, 0.2) is 12.1 Å². The molecule has 2 bridgehead atoms. The average molecular weight is 272 g/mol. The molecule has 2 nitrogen and oxygen atoms in total. The molecule has 0 aromatic heterocycles. The maximum absolute atomic E-state index is 2.71. The van der Waals surface area contributed by atoms with E-state index in [1.165, 1.54) is 48.1 Å². The van der Waals surface area contributed by atoms with Crippen molar-refractivity contribution in [1.29, 1.82) is 0 Å². The molecule has 1 saturated carbocycles.